The molecule has 34 heavy (non-hydrogen) atoms. The first-order chi connectivity index (χ1) is 16.6. The Morgan fingerprint density at radius 3 is 2.00 bits per heavy atom. The van der Waals surface area contributed by atoms with Crippen molar-refractivity contribution >= 4 is 46.0 Å². The van der Waals surface area contributed by atoms with Gasteiger partial charge in [-0.05, 0) is 67.3 Å². The highest BCUT2D eigenvalue weighted by Crippen LogP contribution is 2.40. The number of rotatable bonds is 9. The normalized spacial score (nSPS) is 15.1. The van der Waals surface area contributed by atoms with Crippen LogP contribution in [0.4, 0.5) is 14.5 Å². The van der Waals surface area contributed by atoms with E-state index in [-0.39, 0.29) is 16.2 Å². The van der Waals surface area contributed by atoms with Gasteiger partial charge in [0.2, 0.25) is 0 Å². The molecule has 0 aliphatic heterocycles. The second-order valence-electron chi connectivity index (χ2n) is 8.44. The van der Waals surface area contributed by atoms with E-state index in [2.05, 4.69) is 0 Å². The topological polar surface area (TPSA) is 12.4 Å². The Hall–Kier alpha value is -1.76. The quantitative estimate of drug-likeness (QED) is 0.122. The van der Waals surface area contributed by atoms with Crippen molar-refractivity contribution in [2.75, 3.05) is 5.75 Å². The van der Waals surface area contributed by atoms with Gasteiger partial charge in [0.15, 0.2) is 0 Å². The van der Waals surface area contributed by atoms with Gasteiger partial charge in [0.05, 0.1) is 15.3 Å². The van der Waals surface area contributed by atoms with Gasteiger partial charge in [0, 0.05) is 22.0 Å². The van der Waals surface area contributed by atoms with E-state index in [1.165, 1.54) is 44.2 Å². The fourth-order valence-electron chi connectivity index (χ4n) is 3.99. The second kappa shape index (κ2) is 13.4. The van der Waals surface area contributed by atoms with Crippen molar-refractivity contribution in [3.8, 4) is 0 Å². The monoisotopic (exact) mass is 513 g/mol. The SMILES string of the molecule is Fc1cccc(SC(CC(=Nc2ccccc2)SCC2CCCCC2)Sc2cccc(F)c2)c1. The fourth-order valence-corrected chi connectivity index (χ4v) is 8.04. The van der Waals surface area contributed by atoms with E-state index in [0.717, 1.165) is 32.2 Å². The van der Waals surface area contributed by atoms with Crippen LogP contribution in [-0.4, -0.2) is 15.4 Å². The van der Waals surface area contributed by atoms with Crippen molar-refractivity contribution in [1.82, 2.24) is 0 Å². The fraction of sp³-hybridized carbons (Fsp3) is 0.321. The summed E-state index contributed by atoms with van der Waals surface area (Å²) < 4.78 is 27.8. The zero-order valence-corrected chi connectivity index (χ0v) is 21.5. The van der Waals surface area contributed by atoms with Gasteiger partial charge in [0.1, 0.15) is 11.6 Å². The molecule has 0 bridgehead atoms. The Bertz CT molecular complexity index is 1020. The molecule has 1 nitrogen and oxygen atoms in total. The third-order valence-electron chi connectivity index (χ3n) is 5.69. The van der Waals surface area contributed by atoms with Crippen molar-refractivity contribution < 1.29 is 8.78 Å². The predicted octanol–water partition coefficient (Wildman–Crippen LogP) is 9.61. The maximum Gasteiger partial charge on any atom is 0.124 e. The standard InChI is InChI=1S/C28H29F2NS3/c29-22-11-7-15-25(17-22)33-28(34-26-16-8-12-23(30)18-26)19-27(31-24-13-5-2-6-14-24)32-20-21-9-3-1-4-10-21/h2,5-8,11-18,21,28H,1,3-4,9-10,19-20H2. The summed E-state index contributed by atoms with van der Waals surface area (Å²) in [4.78, 5) is 6.74. The molecule has 3 aromatic carbocycles. The van der Waals surface area contributed by atoms with Gasteiger partial charge in [0.25, 0.3) is 0 Å². The van der Waals surface area contributed by atoms with E-state index < -0.39 is 0 Å². The summed E-state index contributed by atoms with van der Waals surface area (Å²) in [5.41, 5.74) is 0.943. The number of halogens is 2. The molecule has 1 saturated carbocycles. The van der Waals surface area contributed by atoms with Gasteiger partial charge in [-0.3, -0.25) is 0 Å². The zero-order chi connectivity index (χ0) is 23.6. The van der Waals surface area contributed by atoms with E-state index in [4.69, 9.17) is 4.99 Å². The zero-order valence-electron chi connectivity index (χ0n) is 19.0. The first-order valence-electron chi connectivity index (χ1n) is 11.7. The molecule has 0 aromatic heterocycles. The third kappa shape index (κ3) is 8.47. The van der Waals surface area contributed by atoms with E-state index >= 15 is 0 Å². The van der Waals surface area contributed by atoms with Crippen LogP contribution in [0.5, 0.6) is 0 Å². The Balaban J connectivity index is 1.55. The largest absolute Gasteiger partial charge is 0.247 e. The highest BCUT2D eigenvalue weighted by Gasteiger charge is 2.20. The number of nitrogens with zero attached hydrogens (tertiary/aromatic N) is 1. The average molecular weight is 514 g/mol. The van der Waals surface area contributed by atoms with Crippen LogP contribution in [0.15, 0.2) is 93.6 Å². The maximum absolute atomic E-state index is 13.9. The van der Waals surface area contributed by atoms with E-state index in [1.54, 1.807) is 47.8 Å². The van der Waals surface area contributed by atoms with Crippen LogP contribution >= 0.6 is 35.3 Å². The first-order valence-corrected chi connectivity index (χ1v) is 14.5. The van der Waals surface area contributed by atoms with Gasteiger partial charge in [-0.1, -0.05) is 49.6 Å². The Kier molecular flexibility index (Phi) is 9.96. The molecule has 0 spiro atoms. The number of benzene rings is 3. The predicted molar refractivity (Wildman–Crippen MR) is 145 cm³/mol. The van der Waals surface area contributed by atoms with Crippen molar-refractivity contribution in [2.45, 2.75) is 52.9 Å². The van der Waals surface area contributed by atoms with Gasteiger partial charge >= 0.3 is 0 Å². The number of hydrogen-bond donors (Lipinski definition) is 0. The van der Waals surface area contributed by atoms with E-state index in [1.807, 2.05) is 54.2 Å². The molecule has 3 aromatic rings. The minimum absolute atomic E-state index is 0.0323. The third-order valence-corrected chi connectivity index (χ3v) is 9.41. The summed E-state index contributed by atoms with van der Waals surface area (Å²) in [6.45, 7) is 0. The number of hydrogen-bond acceptors (Lipinski definition) is 4. The molecule has 0 unspecified atom stereocenters. The lowest BCUT2D eigenvalue weighted by atomic mass is 9.91. The van der Waals surface area contributed by atoms with Crippen LogP contribution in [0.25, 0.3) is 0 Å². The van der Waals surface area contributed by atoms with Gasteiger partial charge < -0.3 is 0 Å². The molecule has 0 heterocycles. The summed E-state index contributed by atoms with van der Waals surface area (Å²) in [7, 11) is 0. The van der Waals surface area contributed by atoms with Gasteiger partial charge in [-0.25, -0.2) is 13.8 Å². The lowest BCUT2D eigenvalue weighted by Gasteiger charge is -2.22. The number of aliphatic imine (C=N–C) groups is 1. The highest BCUT2D eigenvalue weighted by atomic mass is 32.2. The molecule has 0 radical (unpaired) electrons. The highest BCUT2D eigenvalue weighted by molar-refractivity contribution is 8.17. The Morgan fingerprint density at radius 1 is 0.794 bits per heavy atom. The Labute approximate surface area is 214 Å². The van der Waals surface area contributed by atoms with Crippen LogP contribution in [0, 0.1) is 17.6 Å². The van der Waals surface area contributed by atoms with E-state index in [0.29, 0.717) is 6.42 Å². The smallest absolute Gasteiger partial charge is 0.124 e. The average Bonchev–Trinajstić information content (AvgIpc) is 2.84. The molecular formula is C28H29F2NS3. The van der Waals surface area contributed by atoms with Gasteiger partial charge in [-0.2, -0.15) is 0 Å². The maximum atomic E-state index is 13.9. The van der Waals surface area contributed by atoms with Crippen molar-refractivity contribution in [1.29, 1.82) is 0 Å². The molecule has 1 aliphatic rings. The van der Waals surface area contributed by atoms with E-state index in [9.17, 15) is 8.78 Å². The molecule has 0 saturated heterocycles. The number of para-hydroxylation sites is 1. The van der Waals surface area contributed by atoms with Crippen LogP contribution in [-0.2, 0) is 0 Å². The number of thioether (sulfide) groups is 3. The Morgan fingerprint density at radius 2 is 1.41 bits per heavy atom. The molecule has 6 heteroatoms. The summed E-state index contributed by atoms with van der Waals surface area (Å²) in [6, 6.07) is 23.4. The minimum atomic E-state index is -0.246. The summed E-state index contributed by atoms with van der Waals surface area (Å²) in [5.74, 6) is 1.33. The molecule has 1 fully saturated rings. The van der Waals surface area contributed by atoms with Crippen LogP contribution in [0.3, 0.4) is 0 Å². The summed E-state index contributed by atoms with van der Waals surface area (Å²) >= 11 is 5.07. The minimum Gasteiger partial charge on any atom is -0.247 e. The van der Waals surface area contributed by atoms with Crippen molar-refractivity contribution in [2.24, 2.45) is 10.9 Å². The molecule has 1 aliphatic carbocycles. The second-order valence-corrected chi connectivity index (χ2v) is 12.4. The van der Waals surface area contributed by atoms with Crippen LogP contribution in [0.1, 0.15) is 38.5 Å². The molecule has 178 valence electrons. The lowest BCUT2D eigenvalue weighted by Crippen LogP contribution is -2.12. The summed E-state index contributed by atoms with van der Waals surface area (Å²) in [5, 5.41) is 1.08. The first kappa shape index (κ1) is 25.3. The molecule has 0 N–H and O–H groups in total. The van der Waals surface area contributed by atoms with Gasteiger partial charge in [-0.15, -0.1) is 35.3 Å². The lowest BCUT2D eigenvalue weighted by molar-refractivity contribution is 0.391. The van der Waals surface area contributed by atoms with Crippen LogP contribution < -0.4 is 0 Å². The van der Waals surface area contributed by atoms with Crippen molar-refractivity contribution in [3.05, 3.63) is 90.5 Å². The molecular weight excluding hydrogens is 485 g/mol. The molecule has 4 rings (SSSR count). The van der Waals surface area contributed by atoms with Crippen molar-refractivity contribution in [3.63, 3.8) is 0 Å². The molecule has 0 amide bonds. The molecule has 0 atom stereocenters. The van der Waals surface area contributed by atoms with Crippen LogP contribution in [0.2, 0.25) is 0 Å². The summed E-state index contributed by atoms with van der Waals surface area (Å²) in [6.07, 6.45) is 7.31.